The van der Waals surface area contributed by atoms with Crippen molar-refractivity contribution >= 4 is 29.6 Å². The zero-order valence-electron chi connectivity index (χ0n) is 11.6. The van der Waals surface area contributed by atoms with E-state index in [0.29, 0.717) is 18.1 Å². The Labute approximate surface area is 124 Å². The summed E-state index contributed by atoms with van der Waals surface area (Å²) in [4.78, 5) is 24.6. The van der Waals surface area contributed by atoms with Crippen LogP contribution in [0.2, 0.25) is 5.02 Å². The lowest BCUT2D eigenvalue weighted by Crippen LogP contribution is -2.31. The topological polar surface area (TPSA) is 46.6 Å². The highest BCUT2D eigenvalue weighted by Gasteiger charge is 2.10. The van der Waals surface area contributed by atoms with E-state index in [-0.39, 0.29) is 18.3 Å². The van der Waals surface area contributed by atoms with Crippen molar-refractivity contribution in [3.05, 3.63) is 40.9 Å². The first kappa shape index (κ1) is 16.2. The van der Waals surface area contributed by atoms with Crippen molar-refractivity contribution in [3.63, 3.8) is 0 Å². The number of methoxy groups -OCH3 is 1. The van der Waals surface area contributed by atoms with E-state index in [9.17, 15) is 9.59 Å². The van der Waals surface area contributed by atoms with Crippen LogP contribution in [0.1, 0.15) is 18.9 Å². The predicted octanol–water partition coefficient (Wildman–Crippen LogP) is 2.76. The lowest BCUT2D eigenvalue weighted by atomic mass is 10.2. The van der Waals surface area contributed by atoms with E-state index in [0.717, 1.165) is 5.56 Å². The number of amides is 1. The largest absolute Gasteiger partial charge is 0.469 e. The van der Waals surface area contributed by atoms with Gasteiger partial charge in [-0.15, -0.1) is 0 Å². The zero-order valence-corrected chi connectivity index (χ0v) is 12.4. The lowest BCUT2D eigenvalue weighted by Gasteiger charge is -2.18. The van der Waals surface area contributed by atoms with Crippen LogP contribution in [0.15, 0.2) is 30.3 Å². The molecule has 0 spiro atoms. The number of esters is 1. The number of nitrogens with zero attached hydrogens (tertiary/aromatic N) is 1. The van der Waals surface area contributed by atoms with Gasteiger partial charge in [-0.25, -0.2) is 0 Å². The van der Waals surface area contributed by atoms with E-state index in [4.69, 9.17) is 11.6 Å². The van der Waals surface area contributed by atoms with Gasteiger partial charge in [-0.1, -0.05) is 23.7 Å². The van der Waals surface area contributed by atoms with Crippen LogP contribution in [-0.4, -0.2) is 37.0 Å². The Balaban J connectivity index is 2.58. The molecular formula is C15H18ClNO3. The van der Waals surface area contributed by atoms with Gasteiger partial charge in [0, 0.05) is 24.2 Å². The smallest absolute Gasteiger partial charge is 0.307 e. The molecule has 0 aromatic heterocycles. The van der Waals surface area contributed by atoms with Crippen molar-refractivity contribution in [2.24, 2.45) is 0 Å². The summed E-state index contributed by atoms with van der Waals surface area (Å²) in [6.07, 6.45) is 3.41. The Kier molecular flexibility index (Phi) is 6.81. The molecule has 1 amide bonds. The van der Waals surface area contributed by atoms with Gasteiger partial charge in [0.1, 0.15) is 0 Å². The monoisotopic (exact) mass is 295 g/mol. The second kappa shape index (κ2) is 8.38. The fourth-order valence-electron chi connectivity index (χ4n) is 1.60. The number of benzene rings is 1. The molecular weight excluding hydrogens is 278 g/mol. The minimum atomic E-state index is -0.321. The molecule has 1 aromatic rings. The Bertz CT molecular complexity index is 482. The van der Waals surface area contributed by atoms with E-state index in [1.165, 1.54) is 13.2 Å². The molecule has 0 N–H and O–H groups in total. The van der Waals surface area contributed by atoms with Crippen LogP contribution < -0.4 is 0 Å². The van der Waals surface area contributed by atoms with Crippen LogP contribution >= 0.6 is 11.6 Å². The van der Waals surface area contributed by atoms with Crippen molar-refractivity contribution in [1.82, 2.24) is 4.90 Å². The molecule has 0 aliphatic heterocycles. The summed E-state index contributed by atoms with van der Waals surface area (Å²) in [5.41, 5.74) is 0.895. The van der Waals surface area contributed by atoms with Gasteiger partial charge >= 0.3 is 5.97 Å². The first-order valence-electron chi connectivity index (χ1n) is 6.36. The fourth-order valence-corrected chi connectivity index (χ4v) is 1.73. The van der Waals surface area contributed by atoms with E-state index in [1.54, 1.807) is 23.1 Å². The van der Waals surface area contributed by atoms with Gasteiger partial charge in [-0.2, -0.15) is 0 Å². The van der Waals surface area contributed by atoms with E-state index < -0.39 is 0 Å². The second-order valence-electron chi connectivity index (χ2n) is 4.13. The molecule has 0 saturated heterocycles. The minimum Gasteiger partial charge on any atom is -0.469 e. The minimum absolute atomic E-state index is 0.133. The maximum Gasteiger partial charge on any atom is 0.307 e. The molecule has 0 radical (unpaired) electrons. The molecule has 108 valence electrons. The van der Waals surface area contributed by atoms with Crippen LogP contribution in [0.4, 0.5) is 0 Å². The molecule has 0 saturated carbocycles. The summed E-state index contributed by atoms with van der Waals surface area (Å²) in [6.45, 7) is 2.76. The van der Waals surface area contributed by atoms with Crippen molar-refractivity contribution in [1.29, 1.82) is 0 Å². The van der Waals surface area contributed by atoms with Gasteiger partial charge < -0.3 is 9.64 Å². The van der Waals surface area contributed by atoms with Crippen molar-refractivity contribution in [2.75, 3.05) is 20.2 Å². The number of rotatable bonds is 6. The molecule has 0 heterocycles. The Hall–Kier alpha value is -1.81. The summed E-state index contributed by atoms with van der Waals surface area (Å²) in [5.74, 6) is -0.454. The van der Waals surface area contributed by atoms with Gasteiger partial charge in [0.15, 0.2) is 0 Å². The van der Waals surface area contributed by atoms with Crippen LogP contribution in [0.25, 0.3) is 6.08 Å². The van der Waals surface area contributed by atoms with E-state index in [1.807, 2.05) is 19.1 Å². The SMILES string of the molecule is CCN(CCC(=O)OC)C(=O)/C=C/c1ccc(Cl)cc1. The van der Waals surface area contributed by atoms with Crippen LogP contribution in [0, 0.1) is 0 Å². The molecule has 0 fully saturated rings. The average molecular weight is 296 g/mol. The number of ether oxygens (including phenoxy) is 1. The third-order valence-corrected chi connectivity index (χ3v) is 3.05. The number of carbonyl (C=O) groups excluding carboxylic acids is 2. The summed E-state index contributed by atoms with van der Waals surface area (Å²) in [7, 11) is 1.33. The third-order valence-electron chi connectivity index (χ3n) is 2.80. The van der Waals surface area contributed by atoms with Gasteiger partial charge in [-0.05, 0) is 30.7 Å². The highest BCUT2D eigenvalue weighted by molar-refractivity contribution is 6.30. The quantitative estimate of drug-likeness (QED) is 0.599. The number of likely N-dealkylation sites (N-methyl/N-ethyl adjacent to an activating group) is 1. The maximum absolute atomic E-state index is 12.0. The fraction of sp³-hybridized carbons (Fsp3) is 0.333. The van der Waals surface area contributed by atoms with Crippen LogP contribution in [0.5, 0.6) is 0 Å². The van der Waals surface area contributed by atoms with E-state index in [2.05, 4.69) is 4.74 Å². The molecule has 0 aliphatic carbocycles. The van der Waals surface area contributed by atoms with Crippen molar-refractivity contribution < 1.29 is 14.3 Å². The molecule has 0 atom stereocenters. The molecule has 0 unspecified atom stereocenters. The average Bonchev–Trinajstić information content (AvgIpc) is 2.47. The number of halogens is 1. The number of carbonyl (C=O) groups is 2. The Morgan fingerprint density at radius 1 is 1.30 bits per heavy atom. The van der Waals surface area contributed by atoms with Crippen molar-refractivity contribution in [3.8, 4) is 0 Å². The molecule has 5 heteroatoms. The standard InChI is InChI=1S/C15H18ClNO3/c1-3-17(11-10-15(19)20-2)14(18)9-6-12-4-7-13(16)8-5-12/h4-9H,3,10-11H2,1-2H3/b9-6+. The van der Waals surface area contributed by atoms with Crippen LogP contribution in [-0.2, 0) is 14.3 Å². The normalized spacial score (nSPS) is 10.6. The molecule has 1 aromatic carbocycles. The zero-order chi connectivity index (χ0) is 15.0. The number of hydrogen-bond donors (Lipinski definition) is 0. The summed E-state index contributed by atoms with van der Waals surface area (Å²) >= 11 is 5.79. The highest BCUT2D eigenvalue weighted by Crippen LogP contribution is 2.10. The molecule has 1 rings (SSSR count). The summed E-state index contributed by atoms with van der Waals surface area (Å²) < 4.78 is 4.56. The molecule has 0 aliphatic rings. The second-order valence-corrected chi connectivity index (χ2v) is 4.57. The Morgan fingerprint density at radius 2 is 1.95 bits per heavy atom. The predicted molar refractivity (Wildman–Crippen MR) is 79.4 cm³/mol. The molecule has 4 nitrogen and oxygen atoms in total. The first-order chi connectivity index (χ1) is 9.56. The van der Waals surface area contributed by atoms with Gasteiger partial charge in [0.25, 0.3) is 0 Å². The summed E-state index contributed by atoms with van der Waals surface area (Å²) in [6, 6.07) is 7.19. The van der Waals surface area contributed by atoms with Gasteiger partial charge in [0.05, 0.1) is 13.5 Å². The summed E-state index contributed by atoms with van der Waals surface area (Å²) in [5, 5.41) is 0.654. The molecule has 0 bridgehead atoms. The third kappa shape index (κ3) is 5.45. The first-order valence-corrected chi connectivity index (χ1v) is 6.74. The van der Waals surface area contributed by atoms with Crippen molar-refractivity contribution in [2.45, 2.75) is 13.3 Å². The van der Waals surface area contributed by atoms with Gasteiger partial charge in [-0.3, -0.25) is 9.59 Å². The Morgan fingerprint density at radius 3 is 2.50 bits per heavy atom. The van der Waals surface area contributed by atoms with Gasteiger partial charge in [0.2, 0.25) is 5.91 Å². The highest BCUT2D eigenvalue weighted by atomic mass is 35.5. The maximum atomic E-state index is 12.0. The number of hydrogen-bond acceptors (Lipinski definition) is 3. The lowest BCUT2D eigenvalue weighted by molar-refractivity contribution is -0.141. The van der Waals surface area contributed by atoms with Crippen LogP contribution in [0.3, 0.4) is 0 Å². The molecule has 20 heavy (non-hydrogen) atoms. The van der Waals surface area contributed by atoms with E-state index >= 15 is 0 Å².